The molecule has 1 saturated heterocycles. The lowest BCUT2D eigenvalue weighted by atomic mass is 9.78. The van der Waals surface area contributed by atoms with E-state index in [4.69, 9.17) is 18.9 Å². The normalized spacial score (nSPS) is 20.5. The Kier molecular flexibility index (Phi) is 4.34. The average molecular weight is 370 g/mol. The van der Waals surface area contributed by atoms with Crippen LogP contribution in [0.5, 0.6) is 23.0 Å². The smallest absolute Gasteiger partial charge is 0.309 e. The highest BCUT2D eigenvalue weighted by atomic mass is 16.5. The number of hydrogen-bond donors (Lipinski definition) is 1. The van der Waals surface area contributed by atoms with Crippen molar-refractivity contribution in [2.45, 2.75) is 12.8 Å². The van der Waals surface area contributed by atoms with Crippen molar-refractivity contribution in [2.24, 2.45) is 11.8 Å². The number of phenols is 1. The van der Waals surface area contributed by atoms with Crippen LogP contribution in [0.3, 0.4) is 0 Å². The first-order chi connectivity index (χ1) is 13.0. The standard InChI is InChI=1S/C21H22O6/c1-24-18-8-14-11(6-17(18)22)4-13-10-27-21(23)16(13)5-12-7-19(25-2)20(26-3)9-15(12)14/h6-9,13,16,22H,4-5,10H2,1-3H3/t13-,16+/m0/s1. The Morgan fingerprint density at radius 3 is 2.15 bits per heavy atom. The maximum absolute atomic E-state index is 12.3. The number of carbonyl (C=O) groups excluding carboxylic acids is 1. The molecule has 0 bridgehead atoms. The summed E-state index contributed by atoms with van der Waals surface area (Å²) in [5, 5.41) is 10.3. The fourth-order valence-electron chi connectivity index (χ4n) is 4.11. The Morgan fingerprint density at radius 1 is 0.889 bits per heavy atom. The van der Waals surface area contributed by atoms with Crippen LogP contribution in [0.2, 0.25) is 0 Å². The second-order valence-electron chi connectivity index (χ2n) is 6.95. The number of fused-ring (bicyclic) bond motifs is 4. The quantitative estimate of drug-likeness (QED) is 0.838. The number of ether oxygens (including phenoxy) is 4. The van der Waals surface area contributed by atoms with Gasteiger partial charge in [0.1, 0.15) is 0 Å². The predicted molar refractivity (Wildman–Crippen MR) is 98.5 cm³/mol. The molecule has 2 aromatic carbocycles. The molecule has 1 N–H and O–H groups in total. The van der Waals surface area contributed by atoms with Gasteiger partial charge < -0.3 is 24.1 Å². The fourth-order valence-corrected chi connectivity index (χ4v) is 4.11. The summed E-state index contributed by atoms with van der Waals surface area (Å²) in [6.45, 7) is 0.401. The van der Waals surface area contributed by atoms with E-state index in [0.717, 1.165) is 22.3 Å². The third-order valence-electron chi connectivity index (χ3n) is 5.54. The van der Waals surface area contributed by atoms with Crippen molar-refractivity contribution in [2.75, 3.05) is 27.9 Å². The zero-order chi connectivity index (χ0) is 19.1. The van der Waals surface area contributed by atoms with E-state index in [9.17, 15) is 9.90 Å². The van der Waals surface area contributed by atoms with Gasteiger partial charge in [-0.3, -0.25) is 4.79 Å². The van der Waals surface area contributed by atoms with Crippen LogP contribution in [0.1, 0.15) is 11.1 Å². The van der Waals surface area contributed by atoms with E-state index in [-0.39, 0.29) is 23.6 Å². The predicted octanol–water partition coefficient (Wildman–Crippen LogP) is 2.97. The first-order valence-electron chi connectivity index (χ1n) is 8.87. The number of methoxy groups -OCH3 is 3. The Balaban J connectivity index is 1.97. The van der Waals surface area contributed by atoms with E-state index >= 15 is 0 Å². The second kappa shape index (κ2) is 6.68. The molecule has 0 radical (unpaired) electrons. The highest BCUT2D eigenvalue weighted by Crippen LogP contribution is 2.45. The van der Waals surface area contributed by atoms with Gasteiger partial charge >= 0.3 is 5.97 Å². The highest BCUT2D eigenvalue weighted by Gasteiger charge is 2.39. The molecule has 2 aromatic rings. The van der Waals surface area contributed by atoms with E-state index in [1.807, 2.05) is 18.2 Å². The van der Waals surface area contributed by atoms with Crippen LogP contribution in [0, 0.1) is 11.8 Å². The highest BCUT2D eigenvalue weighted by molar-refractivity contribution is 5.80. The van der Waals surface area contributed by atoms with Gasteiger partial charge in [-0.1, -0.05) is 0 Å². The molecule has 0 spiro atoms. The van der Waals surface area contributed by atoms with E-state index in [2.05, 4.69) is 0 Å². The molecule has 0 amide bonds. The first kappa shape index (κ1) is 17.5. The maximum atomic E-state index is 12.3. The lowest BCUT2D eigenvalue weighted by Crippen LogP contribution is -2.23. The number of cyclic esters (lactones) is 1. The summed E-state index contributed by atoms with van der Waals surface area (Å²) in [6, 6.07) is 7.41. The summed E-state index contributed by atoms with van der Waals surface area (Å²) in [5.41, 5.74) is 3.84. The number of phenolic OH excluding ortho intramolecular Hbond substituents is 1. The topological polar surface area (TPSA) is 74.2 Å². The van der Waals surface area contributed by atoms with Gasteiger partial charge in [0.2, 0.25) is 0 Å². The molecule has 1 heterocycles. The van der Waals surface area contributed by atoms with E-state index in [0.29, 0.717) is 36.7 Å². The zero-order valence-corrected chi connectivity index (χ0v) is 15.6. The summed E-state index contributed by atoms with van der Waals surface area (Å²) in [4.78, 5) is 12.3. The molecule has 27 heavy (non-hydrogen) atoms. The Morgan fingerprint density at radius 2 is 1.48 bits per heavy atom. The maximum Gasteiger partial charge on any atom is 0.309 e. The first-order valence-corrected chi connectivity index (χ1v) is 8.87. The monoisotopic (exact) mass is 370 g/mol. The molecule has 2 atom stereocenters. The molecule has 1 aliphatic heterocycles. The summed E-state index contributed by atoms with van der Waals surface area (Å²) in [7, 11) is 4.71. The van der Waals surface area contributed by atoms with Crippen molar-refractivity contribution in [1.29, 1.82) is 0 Å². The van der Waals surface area contributed by atoms with Crippen LogP contribution in [-0.2, 0) is 22.4 Å². The van der Waals surface area contributed by atoms with Gasteiger partial charge in [-0.15, -0.1) is 0 Å². The van der Waals surface area contributed by atoms with E-state index in [1.54, 1.807) is 20.3 Å². The summed E-state index contributed by atoms with van der Waals surface area (Å²) < 4.78 is 21.6. The molecule has 142 valence electrons. The van der Waals surface area contributed by atoms with Crippen LogP contribution < -0.4 is 14.2 Å². The minimum atomic E-state index is -0.209. The van der Waals surface area contributed by atoms with Gasteiger partial charge in [0.25, 0.3) is 0 Å². The summed E-state index contributed by atoms with van der Waals surface area (Å²) in [6.07, 6.45) is 1.22. The molecule has 1 aliphatic carbocycles. The van der Waals surface area contributed by atoms with Crippen molar-refractivity contribution in [3.63, 3.8) is 0 Å². The molecule has 1 fully saturated rings. The van der Waals surface area contributed by atoms with Crippen molar-refractivity contribution in [1.82, 2.24) is 0 Å². The fraction of sp³-hybridized carbons (Fsp3) is 0.381. The minimum Gasteiger partial charge on any atom is -0.504 e. The zero-order valence-electron chi connectivity index (χ0n) is 15.6. The Labute approximate surface area is 157 Å². The molecule has 0 saturated carbocycles. The van der Waals surface area contributed by atoms with Crippen LogP contribution in [-0.4, -0.2) is 39.0 Å². The molecular weight excluding hydrogens is 348 g/mol. The van der Waals surface area contributed by atoms with Gasteiger partial charge in [0, 0.05) is 5.92 Å². The third-order valence-corrected chi connectivity index (χ3v) is 5.54. The molecule has 4 rings (SSSR count). The van der Waals surface area contributed by atoms with Gasteiger partial charge in [0.05, 0.1) is 33.9 Å². The number of rotatable bonds is 3. The van der Waals surface area contributed by atoms with Crippen LogP contribution in [0.15, 0.2) is 24.3 Å². The van der Waals surface area contributed by atoms with Gasteiger partial charge in [-0.05, 0) is 59.4 Å². The third kappa shape index (κ3) is 2.85. The van der Waals surface area contributed by atoms with Gasteiger partial charge in [-0.2, -0.15) is 0 Å². The average Bonchev–Trinajstić information content (AvgIpc) is 2.99. The Hall–Kier alpha value is -2.89. The van der Waals surface area contributed by atoms with Crippen LogP contribution in [0.25, 0.3) is 11.1 Å². The van der Waals surface area contributed by atoms with Crippen molar-refractivity contribution < 1.29 is 28.8 Å². The van der Waals surface area contributed by atoms with Crippen LogP contribution >= 0.6 is 0 Å². The van der Waals surface area contributed by atoms with Gasteiger partial charge in [0.15, 0.2) is 23.0 Å². The van der Waals surface area contributed by atoms with E-state index in [1.165, 1.54) is 7.11 Å². The Bertz CT molecular complexity index is 904. The number of esters is 1. The van der Waals surface area contributed by atoms with Crippen LogP contribution in [0.4, 0.5) is 0 Å². The van der Waals surface area contributed by atoms with E-state index < -0.39 is 0 Å². The molecule has 0 aromatic heterocycles. The number of carbonyl (C=O) groups is 1. The summed E-state index contributed by atoms with van der Waals surface area (Å²) >= 11 is 0. The van der Waals surface area contributed by atoms with Crippen molar-refractivity contribution >= 4 is 5.97 Å². The number of hydrogen-bond acceptors (Lipinski definition) is 6. The molecule has 2 aliphatic rings. The SMILES string of the molecule is COc1cc2c(cc1O)C[C@H]1COC(=O)[C@@H]1Cc1cc(OC)c(OC)cc1-2. The lowest BCUT2D eigenvalue weighted by Gasteiger charge is -2.25. The van der Waals surface area contributed by atoms with Crippen molar-refractivity contribution in [3.8, 4) is 34.1 Å². The second-order valence-corrected chi connectivity index (χ2v) is 6.95. The minimum absolute atomic E-state index is 0.0743. The lowest BCUT2D eigenvalue weighted by molar-refractivity contribution is -0.141. The summed E-state index contributed by atoms with van der Waals surface area (Å²) in [5.74, 6) is 1.42. The molecule has 6 nitrogen and oxygen atoms in total. The largest absolute Gasteiger partial charge is 0.504 e. The van der Waals surface area contributed by atoms with Crippen molar-refractivity contribution in [3.05, 3.63) is 35.4 Å². The molecule has 0 unspecified atom stereocenters. The van der Waals surface area contributed by atoms with Gasteiger partial charge in [-0.25, -0.2) is 0 Å². The number of aromatic hydroxyl groups is 1. The molecule has 6 heteroatoms. The molecular formula is C21H22O6. The number of benzene rings is 2.